The van der Waals surface area contributed by atoms with Crippen molar-refractivity contribution in [2.24, 2.45) is 0 Å². The van der Waals surface area contributed by atoms with Crippen LogP contribution in [0.15, 0.2) is 182 Å². The molecule has 238 valence electrons. The topological polar surface area (TPSA) is 35.0 Å². The fourth-order valence-electron chi connectivity index (χ4n) is 7.52. The number of benzene rings is 8. The van der Waals surface area contributed by atoms with E-state index < -0.39 is 0 Å². The number of rotatable bonds is 5. The summed E-state index contributed by atoms with van der Waals surface area (Å²) in [4.78, 5) is 10.4. The molecule has 3 nitrogen and oxygen atoms in total. The molecule has 8 aromatic carbocycles. The van der Waals surface area contributed by atoms with E-state index in [1.54, 1.807) is 0 Å². The molecule has 9 aromatic rings. The average molecular weight is 651 g/mol. The molecule has 0 spiro atoms. The van der Waals surface area contributed by atoms with Gasteiger partial charge in [0, 0.05) is 27.6 Å². The fourth-order valence-corrected chi connectivity index (χ4v) is 7.52. The minimum absolute atomic E-state index is 0.696. The zero-order chi connectivity index (χ0) is 33.7. The summed E-state index contributed by atoms with van der Waals surface area (Å²) in [5.41, 5.74) is 11.7. The Morgan fingerprint density at radius 3 is 1.71 bits per heavy atom. The third-order valence-corrected chi connectivity index (χ3v) is 9.92. The smallest absolute Gasteiger partial charge is 0.160 e. The quantitative estimate of drug-likeness (QED) is 0.186. The standard InChI is InChI=1S/C48H30N2O/c1-3-13-31(14-4-1)35-19-7-10-22-39(35)43-30-44(50-48(49-43)33-15-5-2-6-16-33)40-28-27-36(37-20-8-9-21-38(37)40)34-25-26-41-42-23-11-17-32-18-12-24-45(47(32)42)51-46(41)29-34/h1-30H. The zero-order valence-corrected chi connectivity index (χ0v) is 27.6. The number of nitrogens with zero attached hydrogens (tertiary/aromatic N) is 2. The van der Waals surface area contributed by atoms with Crippen molar-refractivity contribution in [1.29, 1.82) is 0 Å². The molecule has 0 saturated carbocycles. The van der Waals surface area contributed by atoms with Crippen molar-refractivity contribution < 1.29 is 4.74 Å². The summed E-state index contributed by atoms with van der Waals surface area (Å²) in [5, 5.41) is 4.64. The van der Waals surface area contributed by atoms with Crippen LogP contribution >= 0.6 is 0 Å². The molecule has 3 heteroatoms. The Hall–Kier alpha value is -6.84. The summed E-state index contributed by atoms with van der Waals surface area (Å²) < 4.78 is 6.55. The van der Waals surface area contributed by atoms with E-state index in [1.165, 1.54) is 16.3 Å². The fraction of sp³-hybridized carbons (Fsp3) is 0. The van der Waals surface area contributed by atoms with Crippen LogP contribution in [-0.4, -0.2) is 9.97 Å². The molecule has 0 bridgehead atoms. The molecule has 0 aliphatic carbocycles. The molecule has 10 rings (SSSR count). The first-order valence-electron chi connectivity index (χ1n) is 17.2. The monoisotopic (exact) mass is 650 g/mol. The molecular formula is C48H30N2O. The van der Waals surface area contributed by atoms with Gasteiger partial charge in [-0.1, -0.05) is 158 Å². The van der Waals surface area contributed by atoms with Crippen LogP contribution in [0, 0.1) is 0 Å². The van der Waals surface area contributed by atoms with Crippen LogP contribution in [0.2, 0.25) is 0 Å². The molecule has 1 aliphatic heterocycles. The maximum Gasteiger partial charge on any atom is 0.160 e. The van der Waals surface area contributed by atoms with Gasteiger partial charge >= 0.3 is 0 Å². The second-order valence-corrected chi connectivity index (χ2v) is 12.9. The van der Waals surface area contributed by atoms with E-state index in [4.69, 9.17) is 14.7 Å². The van der Waals surface area contributed by atoms with Crippen molar-refractivity contribution in [1.82, 2.24) is 9.97 Å². The summed E-state index contributed by atoms with van der Waals surface area (Å²) in [5.74, 6) is 2.47. The minimum atomic E-state index is 0.696. The van der Waals surface area contributed by atoms with Gasteiger partial charge in [0.25, 0.3) is 0 Å². The third-order valence-electron chi connectivity index (χ3n) is 9.92. The van der Waals surface area contributed by atoms with E-state index in [-0.39, 0.29) is 0 Å². The van der Waals surface area contributed by atoms with Gasteiger partial charge in [0.1, 0.15) is 11.5 Å². The van der Waals surface area contributed by atoms with Crippen molar-refractivity contribution in [2.75, 3.05) is 0 Å². The lowest BCUT2D eigenvalue weighted by Gasteiger charge is -2.22. The molecule has 0 saturated heterocycles. The predicted molar refractivity (Wildman–Crippen MR) is 210 cm³/mol. The van der Waals surface area contributed by atoms with Gasteiger partial charge in [-0.3, -0.25) is 0 Å². The number of aromatic nitrogens is 2. The summed E-state index contributed by atoms with van der Waals surface area (Å²) in [6.07, 6.45) is 0. The largest absolute Gasteiger partial charge is 0.456 e. The lowest BCUT2D eigenvalue weighted by Crippen LogP contribution is -1.98. The van der Waals surface area contributed by atoms with Crippen LogP contribution in [0.25, 0.3) is 88.8 Å². The highest BCUT2D eigenvalue weighted by Crippen LogP contribution is 2.48. The van der Waals surface area contributed by atoms with Crippen LogP contribution in [0.1, 0.15) is 0 Å². The number of fused-ring (bicyclic) bond motifs is 3. The molecule has 0 amide bonds. The summed E-state index contributed by atoms with van der Waals surface area (Å²) in [6.45, 7) is 0. The number of hydrogen-bond acceptors (Lipinski definition) is 3. The Bertz CT molecular complexity index is 2770. The van der Waals surface area contributed by atoms with Crippen LogP contribution in [0.4, 0.5) is 0 Å². The highest BCUT2D eigenvalue weighted by molar-refractivity contribution is 6.07. The van der Waals surface area contributed by atoms with E-state index in [2.05, 4.69) is 158 Å². The van der Waals surface area contributed by atoms with Crippen molar-refractivity contribution >= 4 is 21.5 Å². The Morgan fingerprint density at radius 1 is 0.333 bits per heavy atom. The molecule has 2 heterocycles. The van der Waals surface area contributed by atoms with Crippen LogP contribution in [0.3, 0.4) is 0 Å². The van der Waals surface area contributed by atoms with Crippen LogP contribution < -0.4 is 4.74 Å². The van der Waals surface area contributed by atoms with Crippen LogP contribution in [0.5, 0.6) is 11.5 Å². The van der Waals surface area contributed by atoms with Gasteiger partial charge in [-0.25, -0.2) is 9.97 Å². The average Bonchev–Trinajstić information content (AvgIpc) is 3.21. The van der Waals surface area contributed by atoms with E-state index in [9.17, 15) is 0 Å². The Kier molecular flexibility index (Phi) is 6.81. The van der Waals surface area contributed by atoms with Gasteiger partial charge in [-0.05, 0) is 68.2 Å². The Balaban J connectivity index is 1.14. The first kappa shape index (κ1) is 29.1. The zero-order valence-electron chi connectivity index (χ0n) is 27.6. The first-order valence-corrected chi connectivity index (χ1v) is 17.2. The van der Waals surface area contributed by atoms with Gasteiger partial charge in [-0.15, -0.1) is 0 Å². The SMILES string of the molecule is c1ccc(-c2nc(-c3ccccc3-c3ccccc3)cc(-c3ccc(-c4ccc5c(c4)Oc4cccc6cccc-5c46)c4ccccc34)n2)cc1. The molecule has 51 heavy (non-hydrogen) atoms. The van der Waals surface area contributed by atoms with Gasteiger partial charge in [0.2, 0.25) is 0 Å². The highest BCUT2D eigenvalue weighted by Gasteiger charge is 2.21. The molecular weight excluding hydrogens is 621 g/mol. The van der Waals surface area contributed by atoms with E-state index in [0.717, 1.165) is 78.2 Å². The maximum absolute atomic E-state index is 6.55. The molecule has 0 unspecified atom stereocenters. The lowest BCUT2D eigenvalue weighted by molar-refractivity contribution is 0.487. The van der Waals surface area contributed by atoms with Crippen molar-refractivity contribution in [3.05, 3.63) is 182 Å². The normalized spacial score (nSPS) is 11.7. The van der Waals surface area contributed by atoms with E-state index in [1.807, 2.05) is 24.3 Å². The number of ether oxygens (including phenoxy) is 1. The first-order chi connectivity index (χ1) is 25.3. The number of hydrogen-bond donors (Lipinski definition) is 0. The molecule has 0 fully saturated rings. The molecule has 1 aliphatic rings. The van der Waals surface area contributed by atoms with Crippen LogP contribution in [-0.2, 0) is 0 Å². The second-order valence-electron chi connectivity index (χ2n) is 12.9. The third kappa shape index (κ3) is 4.98. The van der Waals surface area contributed by atoms with Gasteiger partial charge < -0.3 is 4.74 Å². The molecule has 0 radical (unpaired) electrons. The van der Waals surface area contributed by atoms with Crippen molar-refractivity contribution in [3.63, 3.8) is 0 Å². The summed E-state index contributed by atoms with van der Waals surface area (Å²) in [7, 11) is 0. The maximum atomic E-state index is 6.55. The summed E-state index contributed by atoms with van der Waals surface area (Å²) in [6, 6.07) is 63.7. The molecule has 0 N–H and O–H groups in total. The summed E-state index contributed by atoms with van der Waals surface area (Å²) >= 11 is 0. The Morgan fingerprint density at radius 2 is 0.922 bits per heavy atom. The minimum Gasteiger partial charge on any atom is -0.456 e. The predicted octanol–water partition coefficient (Wildman–Crippen LogP) is 12.9. The second kappa shape index (κ2) is 11.9. The van der Waals surface area contributed by atoms with E-state index in [0.29, 0.717) is 5.82 Å². The van der Waals surface area contributed by atoms with Gasteiger partial charge in [-0.2, -0.15) is 0 Å². The highest BCUT2D eigenvalue weighted by atomic mass is 16.5. The van der Waals surface area contributed by atoms with Crippen molar-refractivity contribution in [2.45, 2.75) is 0 Å². The lowest BCUT2D eigenvalue weighted by atomic mass is 9.90. The van der Waals surface area contributed by atoms with Gasteiger partial charge in [0.15, 0.2) is 5.82 Å². The van der Waals surface area contributed by atoms with Crippen molar-refractivity contribution in [3.8, 4) is 78.8 Å². The van der Waals surface area contributed by atoms with E-state index >= 15 is 0 Å². The van der Waals surface area contributed by atoms with Gasteiger partial charge in [0.05, 0.1) is 11.4 Å². The molecule has 0 atom stereocenters. The Labute approximate surface area is 296 Å². The molecule has 1 aromatic heterocycles.